The van der Waals surface area contributed by atoms with Crippen molar-refractivity contribution in [2.45, 2.75) is 56.4 Å². The van der Waals surface area contributed by atoms with Crippen LogP contribution in [0.25, 0.3) is 11.0 Å². The zero-order valence-electron chi connectivity index (χ0n) is 19.7. The summed E-state index contributed by atoms with van der Waals surface area (Å²) in [5.41, 5.74) is 1.97. The van der Waals surface area contributed by atoms with Crippen LogP contribution in [0.5, 0.6) is 0 Å². The number of benzene rings is 1. The van der Waals surface area contributed by atoms with Gasteiger partial charge >= 0.3 is 0 Å². The van der Waals surface area contributed by atoms with Crippen molar-refractivity contribution >= 4 is 39.0 Å². The van der Waals surface area contributed by atoms with Gasteiger partial charge in [-0.1, -0.05) is 12.8 Å². The zero-order valence-corrected chi connectivity index (χ0v) is 20.5. The van der Waals surface area contributed by atoms with Crippen LogP contribution in [0.1, 0.15) is 50.1 Å². The summed E-state index contributed by atoms with van der Waals surface area (Å²) in [6.07, 6.45) is 7.85. The molecule has 35 heavy (non-hydrogen) atoms. The van der Waals surface area contributed by atoms with Gasteiger partial charge in [0.15, 0.2) is 0 Å². The topological polar surface area (TPSA) is 114 Å². The van der Waals surface area contributed by atoms with Crippen molar-refractivity contribution in [3.05, 3.63) is 52.4 Å². The maximum absolute atomic E-state index is 13.1. The number of hydrogen-bond donors (Lipinski definition) is 1. The molecule has 1 aliphatic carbocycles. The molecular formula is C25H29N5O4S. The standard InChI is InChI=1S/C25H29N5O4S/c1-17-14-21(35(33,34)29-12-10-18(16-31)11-13-29)7-8-22(17)27-25-26-15-19-6-9-23(32)30(24(19)28-25)20-4-2-3-5-20/h6-9,14-16,18,20H,2-5,10-13H2,1H3,(H,26,27,28). The van der Waals surface area contributed by atoms with Gasteiger partial charge in [-0.25, -0.2) is 13.4 Å². The minimum absolute atomic E-state index is 0.0584. The molecule has 3 aromatic rings. The minimum atomic E-state index is -3.63. The Morgan fingerprint density at radius 1 is 1.06 bits per heavy atom. The quantitative estimate of drug-likeness (QED) is 0.520. The van der Waals surface area contributed by atoms with Crippen molar-refractivity contribution in [3.63, 3.8) is 0 Å². The number of sulfonamides is 1. The fraction of sp³-hybridized carbons (Fsp3) is 0.440. The number of aldehydes is 1. The number of pyridine rings is 1. The first kappa shape index (κ1) is 23.6. The predicted octanol–water partition coefficient (Wildman–Crippen LogP) is 3.56. The Hall–Kier alpha value is -3.11. The predicted molar refractivity (Wildman–Crippen MR) is 133 cm³/mol. The van der Waals surface area contributed by atoms with Crippen LogP contribution in [0, 0.1) is 12.8 Å². The zero-order chi connectivity index (χ0) is 24.6. The summed E-state index contributed by atoms with van der Waals surface area (Å²) in [5, 5.41) is 3.99. The van der Waals surface area contributed by atoms with E-state index in [1.807, 2.05) is 6.92 Å². The first-order valence-electron chi connectivity index (χ1n) is 12.1. The maximum atomic E-state index is 13.1. The molecule has 1 N–H and O–H groups in total. The number of piperidine rings is 1. The Bertz CT molecular complexity index is 1420. The molecular weight excluding hydrogens is 466 g/mol. The van der Waals surface area contributed by atoms with E-state index in [-0.39, 0.29) is 22.4 Å². The second-order valence-electron chi connectivity index (χ2n) is 9.43. The number of anilines is 2. The fourth-order valence-corrected chi connectivity index (χ4v) is 6.63. The van der Waals surface area contributed by atoms with Gasteiger partial charge in [0.2, 0.25) is 16.0 Å². The molecule has 1 saturated heterocycles. The minimum Gasteiger partial charge on any atom is -0.324 e. The third kappa shape index (κ3) is 4.60. The Kier molecular flexibility index (Phi) is 6.41. The van der Waals surface area contributed by atoms with E-state index in [0.717, 1.165) is 42.9 Å². The van der Waals surface area contributed by atoms with Crippen molar-refractivity contribution < 1.29 is 13.2 Å². The number of nitrogens with one attached hydrogen (secondary N) is 1. The summed E-state index contributed by atoms with van der Waals surface area (Å²) >= 11 is 0. The van der Waals surface area contributed by atoms with Crippen LogP contribution in [-0.4, -0.2) is 46.6 Å². The van der Waals surface area contributed by atoms with Gasteiger partial charge in [0, 0.05) is 48.4 Å². The monoisotopic (exact) mass is 495 g/mol. The van der Waals surface area contributed by atoms with Gasteiger partial charge in [-0.2, -0.15) is 9.29 Å². The normalized spacial score (nSPS) is 18.2. The average Bonchev–Trinajstić information content (AvgIpc) is 3.39. The van der Waals surface area contributed by atoms with Crippen LogP contribution >= 0.6 is 0 Å². The van der Waals surface area contributed by atoms with Gasteiger partial charge in [0.1, 0.15) is 11.9 Å². The molecule has 1 aliphatic heterocycles. The van der Waals surface area contributed by atoms with Crippen molar-refractivity contribution in [1.82, 2.24) is 18.8 Å². The highest BCUT2D eigenvalue weighted by atomic mass is 32.2. The highest BCUT2D eigenvalue weighted by Gasteiger charge is 2.29. The molecule has 2 aliphatic rings. The lowest BCUT2D eigenvalue weighted by Crippen LogP contribution is -2.38. The molecule has 3 heterocycles. The molecule has 10 heteroatoms. The van der Waals surface area contributed by atoms with Crippen LogP contribution in [0.15, 0.2) is 46.2 Å². The number of rotatable bonds is 6. The first-order chi connectivity index (χ1) is 16.9. The van der Waals surface area contributed by atoms with E-state index < -0.39 is 10.0 Å². The van der Waals surface area contributed by atoms with Gasteiger partial charge in [0.25, 0.3) is 5.56 Å². The van der Waals surface area contributed by atoms with E-state index in [4.69, 9.17) is 0 Å². The summed E-state index contributed by atoms with van der Waals surface area (Å²) in [6, 6.07) is 8.39. The number of carbonyl (C=O) groups excluding carboxylic acids is 1. The molecule has 1 saturated carbocycles. The molecule has 1 aromatic carbocycles. The van der Waals surface area contributed by atoms with Crippen LogP contribution in [0.4, 0.5) is 11.6 Å². The van der Waals surface area contributed by atoms with E-state index in [2.05, 4.69) is 15.3 Å². The molecule has 0 amide bonds. The maximum Gasteiger partial charge on any atom is 0.252 e. The number of nitrogens with zero attached hydrogens (tertiary/aromatic N) is 4. The lowest BCUT2D eigenvalue weighted by Gasteiger charge is -2.29. The first-order valence-corrected chi connectivity index (χ1v) is 13.5. The summed E-state index contributed by atoms with van der Waals surface area (Å²) in [6.45, 7) is 2.52. The third-order valence-corrected chi connectivity index (χ3v) is 9.02. The number of fused-ring (bicyclic) bond motifs is 1. The highest BCUT2D eigenvalue weighted by molar-refractivity contribution is 7.89. The molecule has 0 unspecified atom stereocenters. The second-order valence-corrected chi connectivity index (χ2v) is 11.4. The van der Waals surface area contributed by atoms with Gasteiger partial charge in [-0.15, -0.1) is 0 Å². The van der Waals surface area contributed by atoms with Gasteiger partial charge in [0.05, 0.1) is 4.90 Å². The lowest BCUT2D eigenvalue weighted by atomic mass is 10.0. The molecule has 0 spiro atoms. The van der Waals surface area contributed by atoms with Crippen LogP contribution in [0.3, 0.4) is 0 Å². The van der Waals surface area contributed by atoms with E-state index in [1.165, 1.54) is 4.31 Å². The molecule has 0 bridgehead atoms. The Balaban J connectivity index is 1.41. The van der Waals surface area contributed by atoms with Crippen molar-refractivity contribution in [2.24, 2.45) is 5.92 Å². The number of hydrogen-bond acceptors (Lipinski definition) is 7. The molecule has 184 valence electrons. The lowest BCUT2D eigenvalue weighted by molar-refractivity contribution is -0.112. The number of aromatic nitrogens is 3. The van der Waals surface area contributed by atoms with Crippen LogP contribution < -0.4 is 10.9 Å². The largest absolute Gasteiger partial charge is 0.324 e. The summed E-state index contributed by atoms with van der Waals surface area (Å²) in [5.74, 6) is 0.284. The Labute approximate surface area is 204 Å². The summed E-state index contributed by atoms with van der Waals surface area (Å²) < 4.78 is 29.4. The van der Waals surface area contributed by atoms with Crippen molar-refractivity contribution in [2.75, 3.05) is 18.4 Å². The number of carbonyl (C=O) groups is 1. The SMILES string of the molecule is Cc1cc(S(=O)(=O)N2CCC(C=O)CC2)ccc1Nc1ncc2ccc(=O)n(C3CCCC3)c2n1. The Morgan fingerprint density at radius 3 is 2.49 bits per heavy atom. The molecule has 9 nitrogen and oxygen atoms in total. The average molecular weight is 496 g/mol. The summed E-state index contributed by atoms with van der Waals surface area (Å²) in [4.78, 5) is 32.9. The Morgan fingerprint density at radius 2 is 1.80 bits per heavy atom. The molecule has 0 radical (unpaired) electrons. The van der Waals surface area contributed by atoms with E-state index in [0.29, 0.717) is 43.2 Å². The molecule has 5 rings (SSSR count). The van der Waals surface area contributed by atoms with Gasteiger partial charge in [-0.3, -0.25) is 9.36 Å². The van der Waals surface area contributed by atoms with E-state index in [9.17, 15) is 18.0 Å². The second kappa shape index (κ2) is 9.50. The van der Waals surface area contributed by atoms with E-state index >= 15 is 0 Å². The smallest absolute Gasteiger partial charge is 0.252 e. The molecule has 2 aromatic heterocycles. The van der Waals surface area contributed by atoms with Gasteiger partial charge in [-0.05, 0) is 62.4 Å². The van der Waals surface area contributed by atoms with Gasteiger partial charge < -0.3 is 10.1 Å². The molecule has 2 fully saturated rings. The molecule has 0 atom stereocenters. The van der Waals surface area contributed by atoms with Crippen LogP contribution in [-0.2, 0) is 14.8 Å². The van der Waals surface area contributed by atoms with E-state index in [1.54, 1.807) is 41.1 Å². The third-order valence-electron chi connectivity index (χ3n) is 7.13. The number of aryl methyl sites for hydroxylation is 1. The highest BCUT2D eigenvalue weighted by Crippen LogP contribution is 2.31. The fourth-order valence-electron chi connectivity index (χ4n) is 5.07. The van der Waals surface area contributed by atoms with Crippen molar-refractivity contribution in [3.8, 4) is 0 Å². The summed E-state index contributed by atoms with van der Waals surface area (Å²) in [7, 11) is -3.63. The van der Waals surface area contributed by atoms with Crippen molar-refractivity contribution in [1.29, 1.82) is 0 Å². The van der Waals surface area contributed by atoms with Crippen LogP contribution in [0.2, 0.25) is 0 Å².